The van der Waals surface area contributed by atoms with E-state index in [4.69, 9.17) is 4.74 Å². The van der Waals surface area contributed by atoms with E-state index in [-0.39, 0.29) is 17.7 Å². The van der Waals surface area contributed by atoms with Gasteiger partial charge in [0.1, 0.15) is 0 Å². The smallest absolute Gasteiger partial charge is 0.273 e. The molecule has 1 aromatic carbocycles. The van der Waals surface area contributed by atoms with Crippen LogP contribution < -0.4 is 0 Å². The summed E-state index contributed by atoms with van der Waals surface area (Å²) in [6.45, 7) is 6.66. The lowest BCUT2D eigenvalue weighted by molar-refractivity contribution is -0.163. The molecule has 4 aliphatic rings. The Kier molecular flexibility index (Phi) is 6.03. The zero-order valence-corrected chi connectivity index (χ0v) is 18.9. The van der Waals surface area contributed by atoms with Crippen LogP contribution in [0, 0.1) is 5.92 Å². The molecule has 3 saturated heterocycles. The average molecular weight is 440 g/mol. The van der Waals surface area contributed by atoms with Crippen LogP contribution >= 0.6 is 0 Å². The Hall–Kier alpha value is -2.25. The molecule has 3 fully saturated rings. The number of rotatable bonds is 4. The van der Waals surface area contributed by atoms with Gasteiger partial charge in [0.2, 0.25) is 11.8 Å². The van der Waals surface area contributed by atoms with Crippen LogP contribution in [0.4, 0.5) is 0 Å². The van der Waals surface area contributed by atoms with Crippen molar-refractivity contribution in [2.75, 3.05) is 26.3 Å². The maximum absolute atomic E-state index is 12.9. The Morgan fingerprint density at radius 1 is 0.969 bits per heavy atom. The van der Waals surface area contributed by atoms with Crippen LogP contribution in [0.3, 0.4) is 0 Å². The number of fused-ring (bicyclic) bond motifs is 1. The van der Waals surface area contributed by atoms with Crippen LogP contribution in [-0.4, -0.2) is 65.0 Å². The van der Waals surface area contributed by atoms with E-state index >= 15 is 0 Å². The molecule has 1 atom stereocenters. The number of nitrogens with zero attached hydrogens (tertiary/aromatic N) is 3. The molecule has 1 aromatic rings. The number of amides is 3. The van der Waals surface area contributed by atoms with E-state index in [1.165, 1.54) is 23.4 Å². The minimum absolute atomic E-state index is 0.241. The Morgan fingerprint density at radius 3 is 2.34 bits per heavy atom. The summed E-state index contributed by atoms with van der Waals surface area (Å²) in [6.07, 6.45) is 5.78. The molecule has 1 unspecified atom stereocenters. The second-order valence-electron chi connectivity index (χ2n) is 9.73. The third kappa shape index (κ3) is 3.97. The summed E-state index contributed by atoms with van der Waals surface area (Å²) in [4.78, 5) is 40.1. The molecule has 5 rings (SSSR count). The number of piperidine rings is 2. The number of carbonyl (C=O) groups excluding carboxylic acids is 3. The third-order valence-corrected chi connectivity index (χ3v) is 7.93. The molecular weight excluding hydrogens is 406 g/mol. The van der Waals surface area contributed by atoms with Crippen molar-refractivity contribution in [1.82, 2.24) is 14.9 Å². The SMILES string of the molecule is CC(C1CCOCC1)N1CCC(c2ccc3c(c2)CN(N2C(=O)CCCC2=O)C3=O)CC1. The normalized spacial score (nSPS) is 24.8. The van der Waals surface area contributed by atoms with Crippen LogP contribution in [-0.2, 0) is 20.9 Å². The Labute approximate surface area is 189 Å². The highest BCUT2D eigenvalue weighted by molar-refractivity contribution is 6.04. The first-order valence-corrected chi connectivity index (χ1v) is 12.1. The van der Waals surface area contributed by atoms with Gasteiger partial charge in [0, 0.05) is 37.7 Å². The van der Waals surface area contributed by atoms with Gasteiger partial charge < -0.3 is 9.64 Å². The largest absolute Gasteiger partial charge is 0.381 e. The van der Waals surface area contributed by atoms with E-state index in [1.54, 1.807) is 0 Å². The zero-order chi connectivity index (χ0) is 22.2. The highest BCUT2D eigenvalue weighted by atomic mass is 16.5. The Bertz CT molecular complexity index is 886. The lowest BCUT2D eigenvalue weighted by atomic mass is 9.85. The predicted octanol–water partition coefficient (Wildman–Crippen LogP) is 3.09. The molecule has 32 heavy (non-hydrogen) atoms. The van der Waals surface area contributed by atoms with E-state index in [2.05, 4.69) is 24.0 Å². The minimum Gasteiger partial charge on any atom is -0.381 e. The summed E-state index contributed by atoms with van der Waals surface area (Å²) in [6, 6.07) is 6.70. The van der Waals surface area contributed by atoms with Crippen molar-refractivity contribution in [3.63, 3.8) is 0 Å². The number of hydrogen-bond acceptors (Lipinski definition) is 5. The molecule has 0 aromatic heterocycles. The molecule has 0 N–H and O–H groups in total. The summed E-state index contributed by atoms with van der Waals surface area (Å²) in [5, 5.41) is 2.43. The summed E-state index contributed by atoms with van der Waals surface area (Å²) < 4.78 is 5.53. The van der Waals surface area contributed by atoms with Crippen molar-refractivity contribution < 1.29 is 19.1 Å². The molecule has 4 aliphatic heterocycles. The van der Waals surface area contributed by atoms with Crippen molar-refractivity contribution in [2.45, 2.75) is 70.4 Å². The van der Waals surface area contributed by atoms with Crippen molar-refractivity contribution in [3.8, 4) is 0 Å². The van der Waals surface area contributed by atoms with Gasteiger partial charge in [-0.1, -0.05) is 12.1 Å². The molecule has 7 nitrogen and oxygen atoms in total. The number of benzene rings is 1. The van der Waals surface area contributed by atoms with Crippen molar-refractivity contribution in [3.05, 3.63) is 34.9 Å². The molecule has 4 heterocycles. The van der Waals surface area contributed by atoms with Gasteiger partial charge in [0.15, 0.2) is 0 Å². The lowest BCUT2D eigenvalue weighted by Crippen LogP contribution is -2.51. The maximum Gasteiger partial charge on any atom is 0.273 e. The maximum atomic E-state index is 12.9. The molecule has 0 aliphatic carbocycles. The first-order chi connectivity index (χ1) is 15.5. The third-order valence-electron chi connectivity index (χ3n) is 7.93. The highest BCUT2D eigenvalue weighted by Gasteiger charge is 2.39. The first kappa shape index (κ1) is 21.6. The van der Waals surface area contributed by atoms with E-state index in [9.17, 15) is 14.4 Å². The number of carbonyl (C=O) groups is 3. The molecule has 0 radical (unpaired) electrons. The van der Waals surface area contributed by atoms with Gasteiger partial charge in [-0.25, -0.2) is 5.01 Å². The Balaban J connectivity index is 1.24. The van der Waals surface area contributed by atoms with Crippen LogP contribution in [0.2, 0.25) is 0 Å². The van der Waals surface area contributed by atoms with Crippen molar-refractivity contribution in [2.24, 2.45) is 5.92 Å². The molecule has 0 saturated carbocycles. The number of imide groups is 1. The summed E-state index contributed by atoms with van der Waals surface area (Å²) in [5.41, 5.74) is 2.82. The molecule has 172 valence electrons. The van der Waals surface area contributed by atoms with Gasteiger partial charge in [-0.2, -0.15) is 5.01 Å². The second-order valence-corrected chi connectivity index (χ2v) is 9.73. The number of hydrogen-bond donors (Lipinski definition) is 0. The van der Waals surface area contributed by atoms with Gasteiger partial charge in [-0.3, -0.25) is 14.4 Å². The predicted molar refractivity (Wildman–Crippen MR) is 119 cm³/mol. The lowest BCUT2D eigenvalue weighted by Gasteiger charge is -2.40. The van der Waals surface area contributed by atoms with Crippen LogP contribution in [0.25, 0.3) is 0 Å². The minimum atomic E-state index is -0.270. The average Bonchev–Trinajstić information content (AvgIpc) is 3.14. The quantitative estimate of drug-likeness (QED) is 0.675. The second kappa shape index (κ2) is 8.94. The van der Waals surface area contributed by atoms with Gasteiger partial charge in [0.05, 0.1) is 6.54 Å². The van der Waals surface area contributed by atoms with Gasteiger partial charge in [-0.15, -0.1) is 0 Å². The highest BCUT2D eigenvalue weighted by Crippen LogP contribution is 2.35. The number of likely N-dealkylation sites (tertiary alicyclic amines) is 1. The van der Waals surface area contributed by atoms with Gasteiger partial charge in [-0.05, 0) is 81.1 Å². The van der Waals surface area contributed by atoms with Gasteiger partial charge >= 0.3 is 0 Å². The summed E-state index contributed by atoms with van der Waals surface area (Å²) in [7, 11) is 0. The fourth-order valence-corrected chi connectivity index (χ4v) is 5.89. The fraction of sp³-hybridized carbons (Fsp3) is 0.640. The van der Waals surface area contributed by atoms with E-state index in [1.807, 2.05) is 6.07 Å². The topological polar surface area (TPSA) is 70.2 Å². The molecule has 0 bridgehead atoms. The van der Waals surface area contributed by atoms with Crippen molar-refractivity contribution in [1.29, 1.82) is 0 Å². The van der Waals surface area contributed by atoms with Crippen LogP contribution in [0.15, 0.2) is 18.2 Å². The summed E-state index contributed by atoms with van der Waals surface area (Å²) in [5.74, 6) is 0.441. The monoisotopic (exact) mass is 439 g/mol. The molecule has 3 amide bonds. The Morgan fingerprint density at radius 2 is 1.66 bits per heavy atom. The van der Waals surface area contributed by atoms with E-state index < -0.39 is 0 Å². The van der Waals surface area contributed by atoms with Gasteiger partial charge in [0.25, 0.3) is 5.91 Å². The molecule has 7 heteroatoms. The van der Waals surface area contributed by atoms with Crippen molar-refractivity contribution >= 4 is 17.7 Å². The number of ether oxygens (including phenoxy) is 1. The summed E-state index contributed by atoms with van der Waals surface area (Å²) >= 11 is 0. The first-order valence-electron chi connectivity index (χ1n) is 12.1. The molecule has 0 spiro atoms. The fourth-order valence-electron chi connectivity index (χ4n) is 5.89. The van der Waals surface area contributed by atoms with Crippen LogP contribution in [0.5, 0.6) is 0 Å². The standard InChI is InChI=1S/C25H33N3O4/c1-17(18-9-13-32-14-10-18)26-11-7-19(8-12-26)20-5-6-22-21(15-20)16-27(25(22)31)28-23(29)3-2-4-24(28)30/h5-6,15,17-19H,2-4,7-14,16H2,1H3. The zero-order valence-electron chi connectivity index (χ0n) is 18.9. The van der Waals surface area contributed by atoms with E-state index in [0.29, 0.717) is 43.3 Å². The van der Waals surface area contributed by atoms with Crippen LogP contribution in [0.1, 0.15) is 79.3 Å². The van der Waals surface area contributed by atoms with E-state index in [0.717, 1.165) is 55.6 Å². The molecular formula is C25H33N3O4. The number of hydrazine groups is 1.